The highest BCUT2D eigenvalue weighted by molar-refractivity contribution is 6.35. The van der Waals surface area contributed by atoms with Crippen LogP contribution in [0.1, 0.15) is 50.4 Å². The van der Waals surface area contributed by atoms with E-state index in [0.29, 0.717) is 10.0 Å². The van der Waals surface area contributed by atoms with Gasteiger partial charge in [-0.3, -0.25) is 0 Å². The lowest BCUT2D eigenvalue weighted by molar-refractivity contribution is 0.120. The molecule has 0 amide bonds. The molecule has 3 aromatic rings. The zero-order chi connectivity index (χ0) is 23.1. The van der Waals surface area contributed by atoms with Crippen LogP contribution in [0.5, 0.6) is 0 Å². The van der Waals surface area contributed by atoms with Gasteiger partial charge < -0.3 is 9.80 Å². The molecule has 0 saturated carbocycles. The Bertz CT molecular complexity index is 1140. The van der Waals surface area contributed by atoms with Crippen molar-refractivity contribution >= 4 is 40.2 Å². The van der Waals surface area contributed by atoms with E-state index < -0.39 is 0 Å². The number of anilines is 1. The largest absolute Gasteiger partial charge is 0.355 e. The second kappa shape index (κ2) is 9.40. The zero-order valence-electron chi connectivity index (χ0n) is 19.6. The van der Waals surface area contributed by atoms with Gasteiger partial charge >= 0.3 is 0 Å². The Morgan fingerprint density at radius 3 is 2.73 bits per heavy atom. The van der Waals surface area contributed by atoms with Crippen LogP contribution in [-0.2, 0) is 0 Å². The summed E-state index contributed by atoms with van der Waals surface area (Å²) in [6.07, 6.45) is 5.83. The van der Waals surface area contributed by atoms with Crippen LogP contribution in [0, 0.1) is 18.8 Å². The Kier molecular flexibility index (Phi) is 6.51. The molecule has 2 aliphatic heterocycles. The third kappa shape index (κ3) is 4.45. The lowest BCUT2D eigenvalue weighted by Crippen LogP contribution is -2.53. The number of piperidine rings is 1. The van der Waals surface area contributed by atoms with E-state index in [1.54, 1.807) is 6.07 Å². The maximum absolute atomic E-state index is 6.49. The van der Waals surface area contributed by atoms with E-state index in [0.717, 1.165) is 53.2 Å². The number of nitrogens with zero attached hydrogens (tertiary/aromatic N) is 6. The molecular weight excluding hydrogens is 455 g/mol. The van der Waals surface area contributed by atoms with Crippen molar-refractivity contribution in [3.63, 3.8) is 0 Å². The minimum atomic E-state index is -0.0774. The van der Waals surface area contributed by atoms with Crippen LogP contribution in [0.2, 0.25) is 10.0 Å². The van der Waals surface area contributed by atoms with Crippen LogP contribution >= 0.6 is 23.2 Å². The van der Waals surface area contributed by atoms with Gasteiger partial charge in [-0.2, -0.15) is 5.10 Å². The Morgan fingerprint density at radius 1 is 1.15 bits per heavy atom. The lowest BCUT2D eigenvalue weighted by Gasteiger charge is -2.47. The molecule has 5 rings (SSSR count). The minimum Gasteiger partial charge on any atom is -0.355 e. The average molecular weight is 487 g/mol. The van der Waals surface area contributed by atoms with Crippen molar-refractivity contribution in [1.29, 1.82) is 0 Å². The molecule has 2 aromatic heterocycles. The Labute approximate surface area is 205 Å². The Morgan fingerprint density at radius 2 is 1.97 bits per heavy atom. The number of rotatable bonds is 6. The standard InChI is InChI=1S/C25H32Cl2N6/c1-4-9-31-10-5-6-18(13-31)19-14-32(15-19)23-12-28-24-16(2)30-33(25(24)29-23)17(3)21-8-7-20(26)11-22(21)27/h7-8,11-12,17-19H,4-6,9-10,13-15H2,1-3H3. The first-order valence-corrected chi connectivity index (χ1v) is 12.8. The molecule has 2 saturated heterocycles. The number of aromatic nitrogens is 4. The Hall–Kier alpha value is -1.89. The van der Waals surface area contributed by atoms with Crippen LogP contribution in [0.25, 0.3) is 11.2 Å². The van der Waals surface area contributed by atoms with Gasteiger partial charge in [0.2, 0.25) is 0 Å². The van der Waals surface area contributed by atoms with Crippen molar-refractivity contribution in [2.45, 2.75) is 46.1 Å². The number of benzene rings is 1. The van der Waals surface area contributed by atoms with Gasteiger partial charge in [0.1, 0.15) is 11.3 Å². The Balaban J connectivity index is 1.35. The van der Waals surface area contributed by atoms with Crippen LogP contribution in [0.15, 0.2) is 24.4 Å². The van der Waals surface area contributed by atoms with E-state index in [9.17, 15) is 0 Å². The molecule has 6 nitrogen and oxygen atoms in total. The lowest BCUT2D eigenvalue weighted by atomic mass is 9.80. The number of halogens is 2. The number of likely N-dealkylation sites (tertiary alicyclic amines) is 1. The number of aryl methyl sites for hydroxylation is 1. The van der Waals surface area contributed by atoms with Crippen LogP contribution in [0.3, 0.4) is 0 Å². The molecule has 0 N–H and O–H groups in total. The van der Waals surface area contributed by atoms with Crippen LogP contribution in [-0.4, -0.2) is 57.4 Å². The molecule has 0 spiro atoms. The fourth-order valence-corrected chi connectivity index (χ4v) is 6.00. The van der Waals surface area contributed by atoms with Gasteiger partial charge in [0.15, 0.2) is 5.65 Å². The van der Waals surface area contributed by atoms with Crippen LogP contribution in [0.4, 0.5) is 5.82 Å². The van der Waals surface area contributed by atoms with Crippen molar-refractivity contribution in [3.8, 4) is 0 Å². The molecule has 0 radical (unpaired) electrons. The summed E-state index contributed by atoms with van der Waals surface area (Å²) in [5.41, 5.74) is 3.49. The first kappa shape index (κ1) is 22.9. The van der Waals surface area contributed by atoms with Crippen molar-refractivity contribution in [2.75, 3.05) is 37.6 Å². The normalized spacial score (nSPS) is 20.9. The van der Waals surface area contributed by atoms with Gasteiger partial charge in [-0.05, 0) is 75.7 Å². The maximum atomic E-state index is 6.49. The van der Waals surface area contributed by atoms with E-state index in [1.807, 2.05) is 29.9 Å². The van der Waals surface area contributed by atoms with Gasteiger partial charge in [0.25, 0.3) is 0 Å². The molecule has 1 aromatic carbocycles. The third-order valence-corrected chi connectivity index (χ3v) is 7.88. The molecule has 176 valence electrons. The molecule has 2 atom stereocenters. The van der Waals surface area contributed by atoms with Gasteiger partial charge in [-0.15, -0.1) is 0 Å². The summed E-state index contributed by atoms with van der Waals surface area (Å²) in [6.45, 7) is 12.2. The topological polar surface area (TPSA) is 50.1 Å². The predicted octanol–water partition coefficient (Wildman–Crippen LogP) is 5.61. The third-order valence-electron chi connectivity index (χ3n) is 7.32. The zero-order valence-corrected chi connectivity index (χ0v) is 21.1. The second-order valence-electron chi connectivity index (χ2n) is 9.64. The molecule has 8 heteroatoms. The molecule has 2 fully saturated rings. The fraction of sp³-hybridized carbons (Fsp3) is 0.560. The van der Waals surface area contributed by atoms with E-state index >= 15 is 0 Å². The number of fused-ring (bicyclic) bond motifs is 1. The second-order valence-corrected chi connectivity index (χ2v) is 10.5. The smallest absolute Gasteiger partial charge is 0.179 e. The SMILES string of the molecule is CCCN1CCCC(C2CN(c3cnc4c(C)nn(C(C)c5ccc(Cl)cc5Cl)c4n3)C2)C1. The fourth-order valence-electron chi connectivity index (χ4n) is 5.43. The highest BCUT2D eigenvalue weighted by Crippen LogP contribution is 2.35. The van der Waals surface area contributed by atoms with Crippen molar-refractivity contribution in [3.05, 3.63) is 45.7 Å². The molecule has 0 aliphatic carbocycles. The van der Waals surface area contributed by atoms with E-state index in [4.69, 9.17) is 38.3 Å². The predicted molar refractivity (Wildman–Crippen MR) is 135 cm³/mol. The summed E-state index contributed by atoms with van der Waals surface area (Å²) in [7, 11) is 0. The van der Waals surface area contributed by atoms with E-state index in [2.05, 4.69) is 23.6 Å². The minimum absolute atomic E-state index is 0.0774. The summed E-state index contributed by atoms with van der Waals surface area (Å²) in [5.74, 6) is 2.49. The quantitative estimate of drug-likeness (QED) is 0.453. The molecule has 2 aliphatic rings. The van der Waals surface area contributed by atoms with Gasteiger partial charge in [-0.1, -0.05) is 36.2 Å². The molecular formula is C25H32Cl2N6. The maximum Gasteiger partial charge on any atom is 0.179 e. The van der Waals surface area contributed by atoms with E-state index in [-0.39, 0.29) is 6.04 Å². The summed E-state index contributed by atoms with van der Waals surface area (Å²) in [4.78, 5) is 14.8. The van der Waals surface area contributed by atoms with Crippen molar-refractivity contribution < 1.29 is 0 Å². The molecule has 4 heterocycles. The number of hydrogen-bond acceptors (Lipinski definition) is 5. The average Bonchev–Trinajstić information content (AvgIpc) is 3.09. The molecule has 33 heavy (non-hydrogen) atoms. The first-order valence-electron chi connectivity index (χ1n) is 12.1. The van der Waals surface area contributed by atoms with Crippen molar-refractivity contribution in [1.82, 2.24) is 24.6 Å². The summed E-state index contributed by atoms with van der Waals surface area (Å²) in [6, 6.07) is 5.52. The van der Waals surface area contributed by atoms with E-state index in [1.165, 1.54) is 38.9 Å². The summed E-state index contributed by atoms with van der Waals surface area (Å²) < 4.78 is 1.94. The van der Waals surface area contributed by atoms with Gasteiger partial charge in [0.05, 0.1) is 17.9 Å². The monoisotopic (exact) mass is 486 g/mol. The highest BCUT2D eigenvalue weighted by Gasteiger charge is 2.36. The van der Waals surface area contributed by atoms with Gasteiger partial charge in [-0.25, -0.2) is 14.6 Å². The molecule has 0 bridgehead atoms. The number of hydrogen-bond donors (Lipinski definition) is 0. The van der Waals surface area contributed by atoms with Crippen LogP contribution < -0.4 is 4.90 Å². The van der Waals surface area contributed by atoms with Crippen molar-refractivity contribution in [2.24, 2.45) is 11.8 Å². The van der Waals surface area contributed by atoms with Gasteiger partial charge in [0, 0.05) is 29.7 Å². The summed E-state index contributed by atoms with van der Waals surface area (Å²) >= 11 is 12.6. The summed E-state index contributed by atoms with van der Waals surface area (Å²) in [5, 5.41) is 6.03. The highest BCUT2D eigenvalue weighted by atomic mass is 35.5. The first-order chi connectivity index (χ1) is 15.9. The molecule has 2 unspecified atom stereocenters.